The summed E-state index contributed by atoms with van der Waals surface area (Å²) in [7, 11) is 1.50. The fourth-order valence-electron chi connectivity index (χ4n) is 2.58. The third kappa shape index (κ3) is 6.64. The van der Waals surface area contributed by atoms with E-state index in [2.05, 4.69) is 37.7 Å². The summed E-state index contributed by atoms with van der Waals surface area (Å²) in [6.07, 6.45) is 7.07. The van der Waals surface area contributed by atoms with E-state index in [9.17, 15) is 9.59 Å². The van der Waals surface area contributed by atoms with Gasteiger partial charge in [0, 0.05) is 5.69 Å². The molecule has 0 radical (unpaired) electrons. The molecule has 30 heavy (non-hydrogen) atoms. The second-order valence-electron chi connectivity index (χ2n) is 6.06. The predicted octanol–water partition coefficient (Wildman–Crippen LogP) is 3.51. The quantitative estimate of drug-likeness (QED) is 0.253. The Labute approximate surface area is 184 Å². The van der Waals surface area contributed by atoms with Crippen molar-refractivity contribution in [2.45, 2.75) is 19.8 Å². The number of nitrogens with one attached hydrogen (secondary N) is 2. The lowest BCUT2D eigenvalue weighted by Gasteiger charge is -2.11. The van der Waals surface area contributed by atoms with Crippen LogP contribution in [-0.2, 0) is 16.0 Å². The molecule has 0 spiro atoms. The van der Waals surface area contributed by atoms with Crippen molar-refractivity contribution in [2.75, 3.05) is 19.0 Å². The van der Waals surface area contributed by atoms with Gasteiger partial charge in [-0.05, 0) is 51.7 Å². The Bertz CT molecular complexity index is 983. The van der Waals surface area contributed by atoms with Crippen LogP contribution >= 0.6 is 15.9 Å². The van der Waals surface area contributed by atoms with Crippen LogP contribution in [-0.4, -0.2) is 31.7 Å². The molecule has 0 aliphatic rings. The highest BCUT2D eigenvalue weighted by atomic mass is 79.9. The average Bonchev–Trinajstić information content (AvgIpc) is 2.72. The second-order valence-corrected chi connectivity index (χ2v) is 6.91. The Balaban J connectivity index is 1.94. The maximum absolute atomic E-state index is 12.1. The number of amides is 2. The molecule has 0 aliphatic carbocycles. The first kappa shape index (κ1) is 23.0. The van der Waals surface area contributed by atoms with Crippen LogP contribution in [0.5, 0.6) is 11.5 Å². The van der Waals surface area contributed by atoms with Crippen LogP contribution in [0.1, 0.15) is 24.5 Å². The van der Waals surface area contributed by atoms with E-state index in [4.69, 9.17) is 15.9 Å². The molecule has 0 saturated carbocycles. The van der Waals surface area contributed by atoms with Crippen LogP contribution < -0.4 is 20.2 Å². The highest BCUT2D eigenvalue weighted by Gasteiger charge is 2.12. The number of nitrogens with zero attached hydrogens (tertiary/aromatic N) is 1. The van der Waals surface area contributed by atoms with Gasteiger partial charge in [0.1, 0.15) is 13.0 Å². The fraction of sp³-hybridized carbons (Fsp3) is 0.227. The lowest BCUT2D eigenvalue weighted by atomic mass is 10.1. The number of hydrogen-bond donors (Lipinski definition) is 2. The lowest BCUT2D eigenvalue weighted by molar-refractivity contribution is -0.126. The zero-order chi connectivity index (χ0) is 21.9. The second kappa shape index (κ2) is 11.6. The van der Waals surface area contributed by atoms with Crippen LogP contribution in [0, 0.1) is 12.3 Å². The molecule has 7 nitrogen and oxygen atoms in total. The Morgan fingerprint density at radius 3 is 2.73 bits per heavy atom. The zero-order valence-electron chi connectivity index (χ0n) is 16.7. The van der Waals surface area contributed by atoms with Crippen LogP contribution in [0.4, 0.5) is 5.69 Å². The summed E-state index contributed by atoms with van der Waals surface area (Å²) in [6.45, 7) is 2.09. The van der Waals surface area contributed by atoms with Gasteiger partial charge in [-0.3, -0.25) is 9.59 Å². The topological polar surface area (TPSA) is 89.0 Å². The van der Waals surface area contributed by atoms with Crippen LogP contribution in [0.15, 0.2) is 46.0 Å². The van der Waals surface area contributed by atoms with E-state index in [-0.39, 0.29) is 13.0 Å². The van der Waals surface area contributed by atoms with Gasteiger partial charge >= 0.3 is 0 Å². The van der Waals surface area contributed by atoms with Gasteiger partial charge in [0.05, 0.1) is 17.8 Å². The first-order valence-corrected chi connectivity index (χ1v) is 9.91. The van der Waals surface area contributed by atoms with Gasteiger partial charge in [-0.25, -0.2) is 5.43 Å². The van der Waals surface area contributed by atoms with Crippen LogP contribution in [0.25, 0.3) is 0 Å². The number of halogens is 1. The van der Waals surface area contributed by atoms with E-state index in [1.807, 2.05) is 25.1 Å². The van der Waals surface area contributed by atoms with Gasteiger partial charge < -0.3 is 14.8 Å². The number of hydrazone groups is 1. The molecule has 0 heterocycles. The first-order valence-electron chi connectivity index (χ1n) is 9.11. The highest BCUT2D eigenvalue weighted by Crippen LogP contribution is 2.36. The maximum Gasteiger partial charge on any atom is 0.249 e. The molecular weight excluding hydrogens is 450 g/mol. The minimum atomic E-state index is -0.530. The van der Waals surface area contributed by atoms with E-state index in [0.29, 0.717) is 27.2 Å². The number of para-hydroxylation sites is 1. The third-order valence-electron chi connectivity index (χ3n) is 3.95. The molecule has 0 saturated heterocycles. The van der Waals surface area contributed by atoms with E-state index in [0.717, 1.165) is 12.0 Å². The minimum Gasteiger partial charge on any atom is -0.493 e. The van der Waals surface area contributed by atoms with E-state index in [1.54, 1.807) is 18.2 Å². The molecule has 2 rings (SSSR count). The molecule has 0 fully saturated rings. The summed E-state index contributed by atoms with van der Waals surface area (Å²) in [5, 5.41) is 6.63. The van der Waals surface area contributed by atoms with Gasteiger partial charge in [0.15, 0.2) is 11.5 Å². The van der Waals surface area contributed by atoms with Crippen molar-refractivity contribution in [1.82, 2.24) is 5.43 Å². The van der Waals surface area contributed by atoms with Crippen molar-refractivity contribution in [3.8, 4) is 23.8 Å². The number of hydrogen-bond acceptors (Lipinski definition) is 5. The maximum atomic E-state index is 12.1. The van der Waals surface area contributed by atoms with Crippen molar-refractivity contribution in [3.05, 3.63) is 52.0 Å². The van der Waals surface area contributed by atoms with Crippen LogP contribution in [0.2, 0.25) is 0 Å². The van der Waals surface area contributed by atoms with Crippen molar-refractivity contribution >= 4 is 39.6 Å². The van der Waals surface area contributed by atoms with Crippen LogP contribution in [0.3, 0.4) is 0 Å². The summed E-state index contributed by atoms with van der Waals surface area (Å²) in [5.74, 6) is 2.38. The van der Waals surface area contributed by atoms with E-state index in [1.165, 1.54) is 13.3 Å². The van der Waals surface area contributed by atoms with Gasteiger partial charge in [0.2, 0.25) is 11.8 Å². The molecule has 0 atom stereocenters. The van der Waals surface area contributed by atoms with Crippen molar-refractivity contribution in [1.29, 1.82) is 0 Å². The summed E-state index contributed by atoms with van der Waals surface area (Å²) in [5.41, 5.74) is 4.68. The molecular formula is C22H22BrN3O4. The summed E-state index contributed by atoms with van der Waals surface area (Å²) in [6, 6.07) is 10.9. The Morgan fingerprint density at radius 1 is 1.27 bits per heavy atom. The molecule has 2 amide bonds. The molecule has 2 aromatic rings. The molecule has 2 aromatic carbocycles. The number of carbonyl (C=O) groups is 2. The molecule has 0 bridgehead atoms. The van der Waals surface area contributed by atoms with Crippen molar-refractivity contribution in [2.24, 2.45) is 5.10 Å². The highest BCUT2D eigenvalue weighted by molar-refractivity contribution is 9.10. The minimum absolute atomic E-state index is 0.100. The lowest BCUT2D eigenvalue weighted by Crippen LogP contribution is -2.25. The predicted molar refractivity (Wildman–Crippen MR) is 120 cm³/mol. The Kier molecular flexibility index (Phi) is 8.91. The number of methoxy groups -OCH3 is 1. The number of terminal acetylenes is 1. The van der Waals surface area contributed by atoms with Gasteiger partial charge in [-0.1, -0.05) is 31.0 Å². The fourth-order valence-corrected chi connectivity index (χ4v) is 3.15. The summed E-state index contributed by atoms with van der Waals surface area (Å²) in [4.78, 5) is 24.1. The van der Waals surface area contributed by atoms with E-state index >= 15 is 0 Å². The molecule has 0 aliphatic heterocycles. The molecule has 2 N–H and O–H groups in total. The number of carbonyl (C=O) groups excluding carboxylic acids is 2. The first-order chi connectivity index (χ1) is 14.5. The molecule has 8 heteroatoms. The zero-order valence-corrected chi connectivity index (χ0v) is 18.3. The summed E-state index contributed by atoms with van der Waals surface area (Å²) >= 11 is 3.39. The monoisotopic (exact) mass is 471 g/mol. The number of rotatable bonds is 9. The molecule has 156 valence electrons. The number of aryl methyl sites for hydroxylation is 1. The summed E-state index contributed by atoms with van der Waals surface area (Å²) < 4.78 is 11.4. The van der Waals surface area contributed by atoms with Crippen molar-refractivity contribution < 1.29 is 19.1 Å². The molecule has 0 unspecified atom stereocenters. The smallest absolute Gasteiger partial charge is 0.249 e. The normalized spacial score (nSPS) is 10.3. The van der Waals surface area contributed by atoms with Gasteiger partial charge in [-0.15, -0.1) is 6.42 Å². The number of anilines is 1. The SMILES string of the molecule is C#CCOc1c(Br)cc(C=NNC(=O)CC(=O)Nc2ccccc2CC)cc1OC. The average molecular weight is 472 g/mol. The van der Waals surface area contributed by atoms with E-state index < -0.39 is 11.8 Å². The largest absolute Gasteiger partial charge is 0.493 e. The Morgan fingerprint density at radius 2 is 2.03 bits per heavy atom. The van der Waals surface area contributed by atoms with Gasteiger partial charge in [-0.2, -0.15) is 5.10 Å². The standard InChI is InChI=1S/C22H22BrN3O4/c1-4-10-30-22-17(23)11-15(12-19(22)29-3)14-24-26-21(28)13-20(27)25-18-9-7-6-8-16(18)5-2/h1,6-9,11-12,14H,5,10,13H2,2-3H3,(H,25,27)(H,26,28). The van der Waals surface area contributed by atoms with Gasteiger partial charge in [0.25, 0.3) is 0 Å². The Hall–Kier alpha value is -3.31. The third-order valence-corrected chi connectivity index (χ3v) is 4.54. The number of ether oxygens (including phenoxy) is 2. The van der Waals surface area contributed by atoms with Crippen molar-refractivity contribution in [3.63, 3.8) is 0 Å². The number of benzene rings is 2. The molecule has 0 aromatic heterocycles.